The lowest BCUT2D eigenvalue weighted by molar-refractivity contribution is -0.118. The second-order valence-electron chi connectivity index (χ2n) is 7.07. The summed E-state index contributed by atoms with van der Waals surface area (Å²) in [5.41, 5.74) is 4.82. The zero-order chi connectivity index (χ0) is 23.9. The van der Waals surface area contributed by atoms with E-state index in [4.69, 9.17) is 13.9 Å². The molecule has 0 saturated carbocycles. The Kier molecular flexibility index (Phi) is 7.28. The number of ether oxygens (including phenoxy) is 2. The van der Waals surface area contributed by atoms with Crippen LogP contribution in [0.2, 0.25) is 0 Å². The van der Waals surface area contributed by atoms with Crippen molar-refractivity contribution in [2.75, 3.05) is 20.0 Å². The molecular weight excluding hydrogens is 454 g/mol. The van der Waals surface area contributed by atoms with E-state index in [0.29, 0.717) is 22.5 Å². The van der Waals surface area contributed by atoms with Gasteiger partial charge in [0.2, 0.25) is 0 Å². The standard InChI is InChI=1S/C24H23N5O4S/c1-16(21-5-4-14-33-21)25-26-22(30)15-34-24-28-27-23(17-6-10-19(31-2)11-7-17)29(24)18-8-12-20(32-3)13-9-18/h4-14H,15H2,1-3H3,(H,26,30)/b25-16-. The van der Waals surface area contributed by atoms with Crippen LogP contribution in [0.3, 0.4) is 0 Å². The van der Waals surface area contributed by atoms with Crippen LogP contribution in [0.15, 0.2) is 81.6 Å². The molecule has 174 valence electrons. The second-order valence-corrected chi connectivity index (χ2v) is 8.01. The number of thioether (sulfide) groups is 1. The summed E-state index contributed by atoms with van der Waals surface area (Å²) in [6, 6.07) is 18.6. The molecule has 1 N–H and O–H groups in total. The number of rotatable bonds is 9. The zero-order valence-corrected chi connectivity index (χ0v) is 19.7. The van der Waals surface area contributed by atoms with E-state index >= 15 is 0 Å². The van der Waals surface area contributed by atoms with Crippen molar-refractivity contribution >= 4 is 23.4 Å². The van der Waals surface area contributed by atoms with E-state index in [0.717, 1.165) is 22.7 Å². The fraction of sp³-hybridized carbons (Fsp3) is 0.167. The highest BCUT2D eigenvalue weighted by Crippen LogP contribution is 2.29. The van der Waals surface area contributed by atoms with Gasteiger partial charge in [-0.15, -0.1) is 10.2 Å². The van der Waals surface area contributed by atoms with Crippen molar-refractivity contribution in [2.45, 2.75) is 12.1 Å². The van der Waals surface area contributed by atoms with Gasteiger partial charge in [0.15, 0.2) is 11.0 Å². The molecule has 0 unspecified atom stereocenters. The van der Waals surface area contributed by atoms with E-state index in [1.165, 1.54) is 11.8 Å². The summed E-state index contributed by atoms with van der Waals surface area (Å²) in [6.07, 6.45) is 1.55. The number of hydrogen-bond donors (Lipinski definition) is 1. The number of amides is 1. The van der Waals surface area contributed by atoms with Crippen molar-refractivity contribution in [3.8, 4) is 28.6 Å². The van der Waals surface area contributed by atoms with Crippen LogP contribution in [-0.4, -0.2) is 46.4 Å². The summed E-state index contributed by atoms with van der Waals surface area (Å²) < 4.78 is 17.7. The minimum atomic E-state index is -0.272. The summed E-state index contributed by atoms with van der Waals surface area (Å²) in [7, 11) is 3.24. The van der Waals surface area contributed by atoms with Gasteiger partial charge < -0.3 is 13.9 Å². The van der Waals surface area contributed by atoms with Gasteiger partial charge in [-0.1, -0.05) is 11.8 Å². The van der Waals surface area contributed by atoms with E-state index in [-0.39, 0.29) is 11.7 Å². The monoisotopic (exact) mass is 477 g/mol. The van der Waals surface area contributed by atoms with Crippen LogP contribution in [0, 0.1) is 0 Å². The average molecular weight is 478 g/mol. The van der Waals surface area contributed by atoms with Gasteiger partial charge >= 0.3 is 0 Å². The van der Waals surface area contributed by atoms with Gasteiger partial charge in [0.25, 0.3) is 5.91 Å². The molecule has 4 aromatic rings. The molecule has 0 aliphatic heterocycles. The summed E-state index contributed by atoms with van der Waals surface area (Å²) in [6.45, 7) is 1.76. The molecule has 0 radical (unpaired) electrons. The van der Waals surface area contributed by atoms with Gasteiger partial charge in [0.1, 0.15) is 23.0 Å². The van der Waals surface area contributed by atoms with Crippen LogP contribution < -0.4 is 14.9 Å². The first-order chi connectivity index (χ1) is 16.6. The first kappa shape index (κ1) is 23.1. The Morgan fingerprint density at radius 1 is 1.03 bits per heavy atom. The normalized spacial score (nSPS) is 11.3. The molecule has 2 aromatic heterocycles. The fourth-order valence-electron chi connectivity index (χ4n) is 3.10. The topological polar surface area (TPSA) is 104 Å². The summed E-state index contributed by atoms with van der Waals surface area (Å²) in [5, 5.41) is 13.4. The zero-order valence-electron chi connectivity index (χ0n) is 18.9. The predicted molar refractivity (Wildman–Crippen MR) is 130 cm³/mol. The lowest BCUT2D eigenvalue weighted by Gasteiger charge is -2.11. The Morgan fingerprint density at radius 3 is 2.32 bits per heavy atom. The first-order valence-electron chi connectivity index (χ1n) is 10.3. The maximum Gasteiger partial charge on any atom is 0.250 e. The van der Waals surface area contributed by atoms with Crippen LogP contribution >= 0.6 is 11.8 Å². The molecular formula is C24H23N5O4S. The molecule has 2 aromatic carbocycles. The lowest BCUT2D eigenvalue weighted by Crippen LogP contribution is -2.21. The molecule has 9 nitrogen and oxygen atoms in total. The smallest absolute Gasteiger partial charge is 0.250 e. The van der Waals surface area contributed by atoms with Crippen molar-refractivity contribution < 1.29 is 18.7 Å². The third kappa shape index (κ3) is 5.29. The summed E-state index contributed by atoms with van der Waals surface area (Å²) >= 11 is 1.26. The van der Waals surface area contributed by atoms with E-state index in [9.17, 15) is 4.79 Å². The van der Waals surface area contributed by atoms with Gasteiger partial charge in [-0.25, -0.2) is 5.43 Å². The van der Waals surface area contributed by atoms with Crippen LogP contribution in [0.1, 0.15) is 12.7 Å². The molecule has 34 heavy (non-hydrogen) atoms. The quantitative estimate of drug-likeness (QED) is 0.219. The van der Waals surface area contributed by atoms with Gasteiger partial charge in [0.05, 0.1) is 26.2 Å². The summed E-state index contributed by atoms with van der Waals surface area (Å²) in [5.74, 6) is 2.55. The molecule has 0 spiro atoms. The van der Waals surface area contributed by atoms with Crippen LogP contribution in [0.4, 0.5) is 0 Å². The van der Waals surface area contributed by atoms with Crippen molar-refractivity contribution in [1.29, 1.82) is 0 Å². The van der Waals surface area contributed by atoms with Gasteiger partial charge in [-0.2, -0.15) is 5.10 Å². The van der Waals surface area contributed by atoms with E-state index in [1.54, 1.807) is 39.5 Å². The first-order valence-corrected chi connectivity index (χ1v) is 11.3. The average Bonchev–Trinajstić information content (AvgIpc) is 3.57. The molecule has 0 aliphatic carbocycles. The Labute approximate surface area is 200 Å². The minimum absolute atomic E-state index is 0.103. The molecule has 4 rings (SSSR count). The highest BCUT2D eigenvalue weighted by molar-refractivity contribution is 7.99. The number of methoxy groups -OCH3 is 2. The maximum absolute atomic E-state index is 12.4. The van der Waals surface area contributed by atoms with Gasteiger partial charge in [-0.3, -0.25) is 9.36 Å². The third-order valence-corrected chi connectivity index (χ3v) is 5.80. The SMILES string of the molecule is COc1ccc(-c2nnc(SCC(=O)N/N=C(/C)c3ccco3)n2-c2ccc(OC)cc2)cc1. The lowest BCUT2D eigenvalue weighted by atomic mass is 10.2. The Balaban J connectivity index is 1.56. The van der Waals surface area contributed by atoms with E-state index < -0.39 is 0 Å². The molecule has 0 aliphatic rings. The molecule has 2 heterocycles. The van der Waals surface area contributed by atoms with E-state index in [2.05, 4.69) is 20.7 Å². The molecule has 0 saturated heterocycles. The third-order valence-electron chi connectivity index (χ3n) is 4.87. The van der Waals surface area contributed by atoms with Gasteiger partial charge in [-0.05, 0) is 67.6 Å². The second kappa shape index (κ2) is 10.7. The molecule has 0 bridgehead atoms. The van der Waals surface area contributed by atoms with Crippen molar-refractivity contribution in [3.05, 3.63) is 72.7 Å². The number of nitrogens with zero attached hydrogens (tertiary/aromatic N) is 4. The Morgan fingerprint density at radius 2 is 1.71 bits per heavy atom. The summed E-state index contributed by atoms with van der Waals surface area (Å²) in [4.78, 5) is 12.4. The number of carbonyl (C=O) groups is 1. The number of carbonyl (C=O) groups excluding carboxylic acids is 1. The predicted octanol–water partition coefficient (Wildman–Crippen LogP) is 4.18. The maximum atomic E-state index is 12.4. The molecule has 10 heteroatoms. The van der Waals surface area contributed by atoms with Crippen molar-refractivity contribution in [1.82, 2.24) is 20.2 Å². The molecule has 0 fully saturated rings. The number of furan rings is 1. The number of hydrogen-bond acceptors (Lipinski definition) is 8. The van der Waals surface area contributed by atoms with Crippen LogP contribution in [0.5, 0.6) is 11.5 Å². The Bertz CT molecular complexity index is 1270. The minimum Gasteiger partial charge on any atom is -0.497 e. The number of aromatic nitrogens is 3. The molecule has 0 atom stereocenters. The molecule has 1 amide bonds. The van der Waals surface area contributed by atoms with Crippen molar-refractivity contribution in [2.24, 2.45) is 5.10 Å². The number of benzene rings is 2. The highest BCUT2D eigenvalue weighted by Gasteiger charge is 2.18. The number of hydrazone groups is 1. The van der Waals surface area contributed by atoms with Gasteiger partial charge in [0, 0.05) is 11.3 Å². The number of nitrogens with one attached hydrogen (secondary N) is 1. The largest absolute Gasteiger partial charge is 0.497 e. The van der Waals surface area contributed by atoms with Crippen LogP contribution in [0.25, 0.3) is 17.1 Å². The Hall–Kier alpha value is -4.05. The van der Waals surface area contributed by atoms with Crippen LogP contribution in [-0.2, 0) is 4.79 Å². The highest BCUT2D eigenvalue weighted by atomic mass is 32.2. The fourth-order valence-corrected chi connectivity index (χ4v) is 3.85. The van der Waals surface area contributed by atoms with Crippen molar-refractivity contribution in [3.63, 3.8) is 0 Å². The van der Waals surface area contributed by atoms with E-state index in [1.807, 2.05) is 53.1 Å².